The maximum atomic E-state index is 12.3. The van der Waals surface area contributed by atoms with Crippen LogP contribution in [0, 0.1) is 16.0 Å². The number of non-ortho nitro benzene ring substituents is 1. The van der Waals surface area contributed by atoms with Crippen LogP contribution >= 0.6 is 0 Å². The van der Waals surface area contributed by atoms with Crippen LogP contribution in [0.15, 0.2) is 18.2 Å². The molecule has 8 nitrogen and oxygen atoms in total. The van der Waals surface area contributed by atoms with Gasteiger partial charge in [0, 0.05) is 18.2 Å². The van der Waals surface area contributed by atoms with E-state index in [1.165, 1.54) is 12.1 Å². The fraction of sp³-hybridized carbons (Fsp3) is 0.400. The van der Waals surface area contributed by atoms with Gasteiger partial charge in [-0.05, 0) is 31.7 Å². The number of amides is 3. The number of carbonyl (C=O) groups is 3. The van der Waals surface area contributed by atoms with Crippen molar-refractivity contribution < 1.29 is 19.3 Å². The Hall–Kier alpha value is -2.77. The third-order valence-electron chi connectivity index (χ3n) is 4.18. The molecule has 0 unspecified atom stereocenters. The zero-order chi connectivity index (χ0) is 16.7. The number of nitro groups is 1. The van der Waals surface area contributed by atoms with Crippen LogP contribution in [-0.4, -0.2) is 40.1 Å². The number of fused-ring (bicyclic) bond motifs is 1. The van der Waals surface area contributed by atoms with E-state index in [-0.39, 0.29) is 29.4 Å². The van der Waals surface area contributed by atoms with Crippen LogP contribution in [0.4, 0.5) is 5.69 Å². The summed E-state index contributed by atoms with van der Waals surface area (Å²) in [5.74, 6) is -1.23. The van der Waals surface area contributed by atoms with Crippen molar-refractivity contribution in [2.24, 2.45) is 5.92 Å². The highest BCUT2D eigenvalue weighted by atomic mass is 16.6. The molecule has 0 radical (unpaired) electrons. The van der Waals surface area contributed by atoms with Gasteiger partial charge in [-0.1, -0.05) is 0 Å². The van der Waals surface area contributed by atoms with Gasteiger partial charge in [-0.25, -0.2) is 0 Å². The summed E-state index contributed by atoms with van der Waals surface area (Å²) in [6, 6.07) is 3.50. The Morgan fingerprint density at radius 2 is 2.00 bits per heavy atom. The molecule has 1 atom stereocenters. The zero-order valence-electron chi connectivity index (χ0n) is 12.4. The number of hydrogen-bond donors (Lipinski definition) is 1. The van der Waals surface area contributed by atoms with Crippen LogP contribution in [0.25, 0.3) is 0 Å². The average molecular weight is 317 g/mol. The van der Waals surface area contributed by atoms with Crippen molar-refractivity contribution in [2.75, 3.05) is 6.54 Å². The van der Waals surface area contributed by atoms with E-state index in [0.717, 1.165) is 23.8 Å². The third kappa shape index (κ3) is 2.79. The summed E-state index contributed by atoms with van der Waals surface area (Å²) in [5, 5.41) is 13.5. The molecule has 1 aliphatic heterocycles. The highest BCUT2D eigenvalue weighted by Gasteiger charge is 2.38. The number of nitrogens with zero attached hydrogens (tertiary/aromatic N) is 2. The van der Waals surface area contributed by atoms with Crippen molar-refractivity contribution in [1.82, 2.24) is 10.2 Å². The number of carbonyl (C=O) groups excluding carboxylic acids is 3. The number of imide groups is 1. The van der Waals surface area contributed by atoms with E-state index in [4.69, 9.17) is 0 Å². The second-order valence-corrected chi connectivity index (χ2v) is 5.88. The van der Waals surface area contributed by atoms with E-state index in [1.54, 1.807) is 0 Å². The number of nitrogens with one attached hydrogen (secondary N) is 1. The summed E-state index contributed by atoms with van der Waals surface area (Å²) in [5.41, 5.74) is -0.213. The second-order valence-electron chi connectivity index (χ2n) is 5.88. The predicted molar refractivity (Wildman–Crippen MR) is 78.8 cm³/mol. The lowest BCUT2D eigenvalue weighted by Gasteiger charge is -2.17. The first-order chi connectivity index (χ1) is 10.9. The lowest BCUT2D eigenvalue weighted by Crippen LogP contribution is -2.43. The monoisotopic (exact) mass is 317 g/mol. The quantitative estimate of drug-likeness (QED) is 0.497. The highest BCUT2D eigenvalue weighted by Crippen LogP contribution is 2.32. The van der Waals surface area contributed by atoms with Gasteiger partial charge < -0.3 is 5.32 Å². The van der Waals surface area contributed by atoms with E-state index in [1.807, 2.05) is 6.92 Å². The minimum Gasteiger partial charge on any atom is -0.352 e. The van der Waals surface area contributed by atoms with Crippen LogP contribution in [0.5, 0.6) is 0 Å². The number of nitro benzene ring substituents is 1. The topological polar surface area (TPSA) is 110 Å². The van der Waals surface area contributed by atoms with Gasteiger partial charge >= 0.3 is 0 Å². The number of benzene rings is 1. The van der Waals surface area contributed by atoms with Gasteiger partial charge in [-0.2, -0.15) is 0 Å². The molecule has 1 aliphatic carbocycles. The first-order valence-electron chi connectivity index (χ1n) is 7.32. The first kappa shape index (κ1) is 15.1. The zero-order valence-corrected chi connectivity index (χ0v) is 12.4. The molecule has 3 rings (SSSR count). The molecule has 1 N–H and O–H groups in total. The molecule has 1 saturated carbocycles. The largest absolute Gasteiger partial charge is 0.352 e. The Morgan fingerprint density at radius 3 is 2.61 bits per heavy atom. The average Bonchev–Trinajstić information content (AvgIpc) is 3.32. The maximum Gasteiger partial charge on any atom is 0.270 e. The lowest BCUT2D eigenvalue weighted by molar-refractivity contribution is -0.384. The van der Waals surface area contributed by atoms with Gasteiger partial charge in [0.15, 0.2) is 0 Å². The molecule has 0 bridgehead atoms. The van der Waals surface area contributed by atoms with Crippen molar-refractivity contribution in [3.63, 3.8) is 0 Å². The molecule has 0 aromatic heterocycles. The molecule has 2 aliphatic rings. The molecular formula is C15H15N3O5. The molecule has 0 spiro atoms. The SMILES string of the molecule is C[C@H](NC(=O)CN1C(=O)c2ccc([N+](=O)[O-])cc2C1=O)C1CC1. The molecule has 1 heterocycles. The van der Waals surface area contributed by atoms with E-state index in [0.29, 0.717) is 5.92 Å². The van der Waals surface area contributed by atoms with Crippen LogP contribution < -0.4 is 5.32 Å². The maximum absolute atomic E-state index is 12.3. The third-order valence-corrected chi connectivity index (χ3v) is 4.18. The molecular weight excluding hydrogens is 302 g/mol. The lowest BCUT2D eigenvalue weighted by atomic mass is 10.1. The van der Waals surface area contributed by atoms with E-state index < -0.39 is 22.6 Å². The first-order valence-corrected chi connectivity index (χ1v) is 7.32. The molecule has 120 valence electrons. The molecule has 23 heavy (non-hydrogen) atoms. The highest BCUT2D eigenvalue weighted by molar-refractivity contribution is 6.22. The summed E-state index contributed by atoms with van der Waals surface area (Å²) in [7, 11) is 0. The fourth-order valence-electron chi connectivity index (χ4n) is 2.69. The standard InChI is InChI=1S/C15H15N3O5/c1-8(9-2-3-9)16-13(19)7-17-14(20)11-5-4-10(18(22)23)6-12(11)15(17)21/h4-6,8-9H,2-3,7H2,1H3,(H,16,19)/t8-/m0/s1. The molecule has 0 saturated heterocycles. The van der Waals surface area contributed by atoms with Gasteiger partial charge in [0.05, 0.1) is 16.1 Å². The Balaban J connectivity index is 1.74. The van der Waals surface area contributed by atoms with E-state index >= 15 is 0 Å². The van der Waals surface area contributed by atoms with Crippen molar-refractivity contribution in [3.8, 4) is 0 Å². The predicted octanol–water partition coefficient (Wildman–Crippen LogP) is 1.11. The van der Waals surface area contributed by atoms with Crippen LogP contribution in [0.1, 0.15) is 40.5 Å². The van der Waals surface area contributed by atoms with Crippen molar-refractivity contribution in [2.45, 2.75) is 25.8 Å². The smallest absolute Gasteiger partial charge is 0.270 e. The summed E-state index contributed by atoms with van der Waals surface area (Å²) in [6.07, 6.45) is 2.14. The summed E-state index contributed by atoms with van der Waals surface area (Å²) >= 11 is 0. The Labute approximate surface area is 131 Å². The van der Waals surface area contributed by atoms with Crippen LogP contribution in [0.3, 0.4) is 0 Å². The minimum atomic E-state index is -0.678. The fourth-order valence-corrected chi connectivity index (χ4v) is 2.69. The van der Waals surface area contributed by atoms with Crippen molar-refractivity contribution >= 4 is 23.4 Å². The Bertz CT molecular complexity index is 726. The molecule has 1 fully saturated rings. The molecule has 1 aromatic rings. The summed E-state index contributed by atoms with van der Waals surface area (Å²) in [6.45, 7) is 1.51. The summed E-state index contributed by atoms with van der Waals surface area (Å²) in [4.78, 5) is 47.4. The van der Waals surface area contributed by atoms with Crippen LogP contribution in [0.2, 0.25) is 0 Å². The second kappa shape index (κ2) is 5.45. The Morgan fingerprint density at radius 1 is 1.35 bits per heavy atom. The summed E-state index contributed by atoms with van der Waals surface area (Å²) < 4.78 is 0. The molecule has 3 amide bonds. The normalized spacial score (nSPS) is 17.9. The molecule has 8 heteroatoms. The van der Waals surface area contributed by atoms with E-state index in [2.05, 4.69) is 5.32 Å². The minimum absolute atomic E-state index is 0.0127. The number of rotatable bonds is 5. The van der Waals surface area contributed by atoms with Gasteiger partial charge in [0.1, 0.15) is 6.54 Å². The van der Waals surface area contributed by atoms with Gasteiger partial charge in [0.25, 0.3) is 17.5 Å². The van der Waals surface area contributed by atoms with Crippen molar-refractivity contribution in [1.29, 1.82) is 0 Å². The molecule has 1 aromatic carbocycles. The van der Waals surface area contributed by atoms with E-state index in [9.17, 15) is 24.5 Å². The van der Waals surface area contributed by atoms with Gasteiger partial charge in [0.2, 0.25) is 5.91 Å². The Kier molecular flexibility index (Phi) is 3.59. The number of hydrogen-bond acceptors (Lipinski definition) is 5. The van der Waals surface area contributed by atoms with Crippen LogP contribution in [-0.2, 0) is 4.79 Å². The van der Waals surface area contributed by atoms with Crippen molar-refractivity contribution in [3.05, 3.63) is 39.4 Å². The van der Waals surface area contributed by atoms with Gasteiger partial charge in [-0.3, -0.25) is 29.4 Å². The van der Waals surface area contributed by atoms with Gasteiger partial charge in [-0.15, -0.1) is 0 Å².